The van der Waals surface area contributed by atoms with Gasteiger partial charge >= 0.3 is 5.97 Å². The molecule has 2 atom stereocenters. The largest absolute Gasteiger partial charge is 0.490 e. The van der Waals surface area contributed by atoms with E-state index in [1.165, 1.54) is 0 Å². The zero-order chi connectivity index (χ0) is 18.9. The molecule has 1 aromatic rings. The van der Waals surface area contributed by atoms with Crippen LogP contribution in [-0.2, 0) is 19.0 Å². The minimum absolute atomic E-state index is 0.0698. The number of hydrogen-bond acceptors (Lipinski definition) is 5. The molecule has 0 radical (unpaired) electrons. The minimum atomic E-state index is -0.176. The van der Waals surface area contributed by atoms with E-state index >= 15 is 0 Å². The van der Waals surface area contributed by atoms with Crippen LogP contribution in [0.25, 0.3) is 6.08 Å². The highest BCUT2D eigenvalue weighted by Gasteiger charge is 2.24. The first-order valence-corrected chi connectivity index (χ1v) is 9.36. The molecule has 0 N–H and O–H groups in total. The van der Waals surface area contributed by atoms with Gasteiger partial charge in [-0.05, 0) is 45.7 Å². The molecule has 5 heteroatoms. The molecule has 0 saturated carbocycles. The summed E-state index contributed by atoms with van der Waals surface area (Å²) in [4.78, 5) is 11.5. The van der Waals surface area contributed by atoms with Gasteiger partial charge in [-0.25, -0.2) is 0 Å². The lowest BCUT2D eigenvalue weighted by Crippen LogP contribution is -2.10. The molecule has 26 heavy (non-hydrogen) atoms. The summed E-state index contributed by atoms with van der Waals surface area (Å²) in [6.45, 7) is 9.65. The molecule has 0 amide bonds. The van der Waals surface area contributed by atoms with Crippen LogP contribution in [0.4, 0.5) is 0 Å². The van der Waals surface area contributed by atoms with Gasteiger partial charge in [0.05, 0.1) is 32.0 Å². The number of hydrogen-bond donors (Lipinski definition) is 0. The van der Waals surface area contributed by atoms with Crippen molar-refractivity contribution in [3.05, 3.63) is 35.4 Å². The van der Waals surface area contributed by atoms with E-state index in [-0.39, 0.29) is 24.3 Å². The van der Waals surface area contributed by atoms with Crippen LogP contribution in [0.2, 0.25) is 0 Å². The molecule has 1 unspecified atom stereocenters. The van der Waals surface area contributed by atoms with Crippen molar-refractivity contribution in [2.24, 2.45) is 0 Å². The minimum Gasteiger partial charge on any atom is -0.490 e. The van der Waals surface area contributed by atoms with Crippen molar-refractivity contribution in [3.63, 3.8) is 0 Å². The van der Waals surface area contributed by atoms with Gasteiger partial charge in [-0.3, -0.25) is 4.79 Å². The van der Waals surface area contributed by atoms with Gasteiger partial charge in [0.25, 0.3) is 0 Å². The van der Waals surface area contributed by atoms with Gasteiger partial charge in [-0.1, -0.05) is 24.3 Å². The SMILES string of the molecule is CCOC(=O)CC/C=C/c1c(OC(C)C)cccc1[C@@H](C)OCC1CO1. The first-order valence-electron chi connectivity index (χ1n) is 9.36. The first kappa shape index (κ1) is 20.5. The van der Waals surface area contributed by atoms with Crippen LogP contribution in [0.1, 0.15) is 57.8 Å². The second kappa shape index (κ2) is 10.3. The molecule has 2 rings (SSSR count). The number of ether oxygens (including phenoxy) is 4. The molecule has 1 fully saturated rings. The standard InChI is InChI=1S/C21H30O5/c1-5-23-21(22)12-7-6-9-19-18(16(4)24-13-17-14-25-17)10-8-11-20(19)26-15(2)3/h6,8-11,15-17H,5,7,12-14H2,1-4H3/b9-6+/t16-,17?/m1/s1. The van der Waals surface area contributed by atoms with E-state index < -0.39 is 0 Å². The molecular formula is C21H30O5. The average molecular weight is 362 g/mol. The maximum Gasteiger partial charge on any atom is 0.306 e. The van der Waals surface area contributed by atoms with Gasteiger partial charge in [0.15, 0.2) is 0 Å². The summed E-state index contributed by atoms with van der Waals surface area (Å²) in [6, 6.07) is 6.00. The third-order valence-electron chi connectivity index (χ3n) is 3.94. The fourth-order valence-electron chi connectivity index (χ4n) is 2.59. The molecular weight excluding hydrogens is 332 g/mol. The fraction of sp³-hybridized carbons (Fsp3) is 0.571. The van der Waals surface area contributed by atoms with Crippen molar-refractivity contribution < 1.29 is 23.7 Å². The molecule has 5 nitrogen and oxygen atoms in total. The monoisotopic (exact) mass is 362 g/mol. The zero-order valence-corrected chi connectivity index (χ0v) is 16.2. The van der Waals surface area contributed by atoms with E-state index in [4.69, 9.17) is 18.9 Å². The van der Waals surface area contributed by atoms with Crippen LogP contribution in [0.15, 0.2) is 24.3 Å². The van der Waals surface area contributed by atoms with Gasteiger partial charge < -0.3 is 18.9 Å². The summed E-state index contributed by atoms with van der Waals surface area (Å²) < 4.78 is 22.1. The van der Waals surface area contributed by atoms with E-state index in [0.29, 0.717) is 26.1 Å². The van der Waals surface area contributed by atoms with Crippen LogP contribution >= 0.6 is 0 Å². The van der Waals surface area contributed by atoms with Crippen LogP contribution in [0, 0.1) is 0 Å². The number of carbonyl (C=O) groups excluding carboxylic acids is 1. The lowest BCUT2D eigenvalue weighted by atomic mass is 10.0. The smallest absolute Gasteiger partial charge is 0.306 e. The Balaban J connectivity index is 2.11. The molecule has 1 saturated heterocycles. The maximum atomic E-state index is 11.5. The van der Waals surface area contributed by atoms with Gasteiger partial charge in [0, 0.05) is 12.0 Å². The Labute approximate surface area is 156 Å². The summed E-state index contributed by atoms with van der Waals surface area (Å²) in [5.41, 5.74) is 2.06. The summed E-state index contributed by atoms with van der Waals surface area (Å²) in [5.74, 6) is 0.647. The number of allylic oxidation sites excluding steroid dienone is 1. The number of rotatable bonds is 11. The highest BCUT2D eigenvalue weighted by atomic mass is 16.6. The van der Waals surface area contributed by atoms with Crippen molar-refractivity contribution >= 4 is 12.0 Å². The van der Waals surface area contributed by atoms with E-state index in [0.717, 1.165) is 23.5 Å². The van der Waals surface area contributed by atoms with E-state index in [1.54, 1.807) is 0 Å². The van der Waals surface area contributed by atoms with E-state index in [2.05, 4.69) is 6.07 Å². The third kappa shape index (κ3) is 6.81. The summed E-state index contributed by atoms with van der Waals surface area (Å²) >= 11 is 0. The molecule has 1 aromatic carbocycles. The molecule has 1 aliphatic rings. The second-order valence-corrected chi connectivity index (χ2v) is 6.60. The van der Waals surface area contributed by atoms with Gasteiger partial charge in [0.2, 0.25) is 0 Å². The normalized spacial score (nSPS) is 17.5. The van der Waals surface area contributed by atoms with Crippen molar-refractivity contribution in [1.82, 2.24) is 0 Å². The van der Waals surface area contributed by atoms with Crippen molar-refractivity contribution in [3.8, 4) is 5.75 Å². The van der Waals surface area contributed by atoms with Crippen molar-refractivity contribution in [2.75, 3.05) is 19.8 Å². The fourth-order valence-corrected chi connectivity index (χ4v) is 2.59. The Morgan fingerprint density at radius 2 is 2.12 bits per heavy atom. The second-order valence-electron chi connectivity index (χ2n) is 6.60. The van der Waals surface area contributed by atoms with Gasteiger partial charge in [0.1, 0.15) is 11.9 Å². The molecule has 144 valence electrons. The predicted molar refractivity (Wildman–Crippen MR) is 101 cm³/mol. The van der Waals surface area contributed by atoms with Crippen LogP contribution < -0.4 is 4.74 Å². The number of esters is 1. The van der Waals surface area contributed by atoms with Crippen LogP contribution in [0.3, 0.4) is 0 Å². The third-order valence-corrected chi connectivity index (χ3v) is 3.94. The van der Waals surface area contributed by atoms with Gasteiger partial charge in [-0.2, -0.15) is 0 Å². The summed E-state index contributed by atoms with van der Waals surface area (Å²) in [5, 5.41) is 0. The predicted octanol–water partition coefficient (Wildman–Crippen LogP) is 4.31. The van der Waals surface area contributed by atoms with Crippen LogP contribution in [0.5, 0.6) is 5.75 Å². The lowest BCUT2D eigenvalue weighted by Gasteiger charge is -2.19. The van der Waals surface area contributed by atoms with E-state index in [1.807, 2.05) is 52.0 Å². The van der Waals surface area contributed by atoms with Crippen molar-refractivity contribution in [1.29, 1.82) is 0 Å². The Bertz CT molecular complexity index is 604. The Morgan fingerprint density at radius 1 is 1.35 bits per heavy atom. The topological polar surface area (TPSA) is 57.3 Å². The highest BCUT2D eigenvalue weighted by Crippen LogP contribution is 2.31. The Kier molecular flexibility index (Phi) is 8.13. The molecule has 0 spiro atoms. The van der Waals surface area contributed by atoms with Gasteiger partial charge in [-0.15, -0.1) is 0 Å². The van der Waals surface area contributed by atoms with Crippen LogP contribution in [-0.4, -0.2) is 38.0 Å². The molecule has 0 bridgehead atoms. The Hall–Kier alpha value is -1.85. The van der Waals surface area contributed by atoms with Crippen molar-refractivity contribution in [2.45, 2.75) is 58.8 Å². The highest BCUT2D eigenvalue weighted by molar-refractivity contribution is 5.70. The molecule has 1 aliphatic heterocycles. The zero-order valence-electron chi connectivity index (χ0n) is 16.2. The number of epoxide rings is 1. The Morgan fingerprint density at radius 3 is 2.77 bits per heavy atom. The molecule has 1 heterocycles. The number of benzene rings is 1. The summed E-state index contributed by atoms with van der Waals surface area (Å²) in [7, 11) is 0. The molecule has 0 aliphatic carbocycles. The van der Waals surface area contributed by atoms with E-state index in [9.17, 15) is 4.79 Å². The lowest BCUT2D eigenvalue weighted by molar-refractivity contribution is -0.142. The average Bonchev–Trinajstić information content (AvgIpc) is 3.41. The quantitative estimate of drug-likeness (QED) is 0.434. The first-order chi connectivity index (χ1) is 12.5. The number of carbonyl (C=O) groups is 1. The maximum absolute atomic E-state index is 11.5. The molecule has 0 aromatic heterocycles. The summed E-state index contributed by atoms with van der Waals surface area (Å²) in [6.07, 6.45) is 5.24.